The summed E-state index contributed by atoms with van der Waals surface area (Å²) in [6.45, 7) is 1.42. The van der Waals surface area contributed by atoms with Gasteiger partial charge < -0.3 is 9.47 Å². The summed E-state index contributed by atoms with van der Waals surface area (Å²) in [6, 6.07) is 4.31. The molecule has 0 N–H and O–H groups in total. The molecule has 0 aliphatic carbocycles. The Morgan fingerprint density at radius 1 is 1.35 bits per heavy atom. The summed E-state index contributed by atoms with van der Waals surface area (Å²) < 4.78 is 46.5. The van der Waals surface area contributed by atoms with Crippen molar-refractivity contribution in [3.8, 4) is 5.75 Å². The number of rotatable bonds is 4. The fourth-order valence-corrected chi connectivity index (χ4v) is 1.11. The van der Waals surface area contributed by atoms with Gasteiger partial charge in [-0.25, -0.2) is 4.79 Å². The molecule has 0 spiro atoms. The number of hydrogen-bond acceptors (Lipinski definition) is 3. The molecule has 0 saturated heterocycles. The van der Waals surface area contributed by atoms with Gasteiger partial charge in [0, 0.05) is 0 Å². The Balaban J connectivity index is 2.64. The summed E-state index contributed by atoms with van der Waals surface area (Å²) in [4.78, 5) is 10.9. The lowest BCUT2D eigenvalue weighted by molar-refractivity contribution is -0.145. The highest BCUT2D eigenvalue weighted by Gasteiger charge is 2.30. The Bertz CT molecular complexity index is 388. The molecule has 0 heterocycles. The van der Waals surface area contributed by atoms with Crippen molar-refractivity contribution in [3.63, 3.8) is 0 Å². The number of esters is 1. The number of alkyl halides is 3. The number of carbonyl (C=O) groups is 1. The smallest absolute Gasteiger partial charge is 0.416 e. The van der Waals surface area contributed by atoms with E-state index in [0.717, 1.165) is 12.1 Å². The SMILES string of the molecule is CCOC(=O)COc1cccc(C(F)(F)F)c1. The van der Waals surface area contributed by atoms with Gasteiger partial charge in [-0.15, -0.1) is 0 Å². The van der Waals surface area contributed by atoms with Crippen LogP contribution < -0.4 is 4.74 Å². The van der Waals surface area contributed by atoms with Crippen LogP contribution >= 0.6 is 0 Å². The van der Waals surface area contributed by atoms with E-state index >= 15 is 0 Å². The molecule has 1 aromatic rings. The summed E-state index contributed by atoms with van der Waals surface area (Å²) >= 11 is 0. The van der Waals surface area contributed by atoms with Crippen molar-refractivity contribution in [1.82, 2.24) is 0 Å². The molecule has 0 fully saturated rings. The molecule has 0 atom stereocenters. The van der Waals surface area contributed by atoms with Gasteiger partial charge >= 0.3 is 12.1 Å². The van der Waals surface area contributed by atoms with Gasteiger partial charge in [0.25, 0.3) is 0 Å². The average Bonchev–Trinajstić information content (AvgIpc) is 2.26. The second-order valence-electron chi connectivity index (χ2n) is 3.12. The largest absolute Gasteiger partial charge is 0.482 e. The third-order valence-corrected chi connectivity index (χ3v) is 1.82. The molecule has 6 heteroatoms. The van der Waals surface area contributed by atoms with Gasteiger partial charge in [0.2, 0.25) is 0 Å². The van der Waals surface area contributed by atoms with Crippen LogP contribution in [0.3, 0.4) is 0 Å². The van der Waals surface area contributed by atoms with Crippen molar-refractivity contribution in [2.75, 3.05) is 13.2 Å². The number of halogens is 3. The topological polar surface area (TPSA) is 35.5 Å². The lowest BCUT2D eigenvalue weighted by atomic mass is 10.2. The van der Waals surface area contributed by atoms with E-state index in [-0.39, 0.29) is 12.4 Å². The van der Waals surface area contributed by atoms with Crippen molar-refractivity contribution in [2.45, 2.75) is 13.1 Å². The monoisotopic (exact) mass is 248 g/mol. The number of benzene rings is 1. The molecule has 0 unspecified atom stereocenters. The second-order valence-corrected chi connectivity index (χ2v) is 3.12. The molecular formula is C11H11F3O3. The number of ether oxygens (including phenoxy) is 2. The fraction of sp³-hybridized carbons (Fsp3) is 0.364. The van der Waals surface area contributed by atoms with Gasteiger partial charge in [0.15, 0.2) is 6.61 Å². The van der Waals surface area contributed by atoms with Crippen LogP contribution in [0.1, 0.15) is 12.5 Å². The van der Waals surface area contributed by atoms with E-state index in [2.05, 4.69) is 4.74 Å². The minimum Gasteiger partial charge on any atom is -0.482 e. The molecule has 0 aliphatic heterocycles. The van der Waals surface area contributed by atoms with Crippen molar-refractivity contribution in [2.24, 2.45) is 0 Å². The van der Waals surface area contributed by atoms with Gasteiger partial charge in [-0.3, -0.25) is 0 Å². The highest BCUT2D eigenvalue weighted by atomic mass is 19.4. The summed E-state index contributed by atoms with van der Waals surface area (Å²) in [5.74, 6) is -0.641. The highest BCUT2D eigenvalue weighted by Crippen LogP contribution is 2.31. The molecule has 0 aliphatic rings. The van der Waals surface area contributed by atoms with Gasteiger partial charge in [-0.2, -0.15) is 13.2 Å². The summed E-state index contributed by atoms with van der Waals surface area (Å²) in [7, 11) is 0. The minimum absolute atomic E-state index is 0.0205. The molecule has 0 amide bonds. The molecule has 0 radical (unpaired) electrons. The molecule has 17 heavy (non-hydrogen) atoms. The quantitative estimate of drug-likeness (QED) is 0.768. The van der Waals surface area contributed by atoms with Gasteiger partial charge in [0.1, 0.15) is 5.75 Å². The van der Waals surface area contributed by atoms with Crippen molar-refractivity contribution in [3.05, 3.63) is 29.8 Å². The fourth-order valence-electron chi connectivity index (χ4n) is 1.11. The zero-order valence-electron chi connectivity index (χ0n) is 9.08. The van der Waals surface area contributed by atoms with E-state index in [0.29, 0.717) is 0 Å². The lowest BCUT2D eigenvalue weighted by Crippen LogP contribution is -2.15. The predicted octanol–water partition coefficient (Wildman–Crippen LogP) is 2.65. The van der Waals surface area contributed by atoms with Gasteiger partial charge in [-0.05, 0) is 25.1 Å². The molecule has 1 aromatic carbocycles. The van der Waals surface area contributed by atoms with Crippen LogP contribution in [0, 0.1) is 0 Å². The van der Waals surface area contributed by atoms with Crippen LogP contribution in [0.25, 0.3) is 0 Å². The maximum Gasteiger partial charge on any atom is 0.416 e. The molecule has 94 valence electrons. The number of hydrogen-bond donors (Lipinski definition) is 0. The maximum absolute atomic E-state index is 12.3. The third kappa shape index (κ3) is 4.34. The first kappa shape index (κ1) is 13.3. The molecular weight excluding hydrogens is 237 g/mol. The van der Waals surface area contributed by atoms with Gasteiger partial charge in [0.05, 0.1) is 12.2 Å². The van der Waals surface area contributed by atoms with E-state index < -0.39 is 24.3 Å². The van der Waals surface area contributed by atoms with Crippen LogP contribution in [0.15, 0.2) is 24.3 Å². The van der Waals surface area contributed by atoms with Crippen molar-refractivity contribution < 1.29 is 27.4 Å². The average molecular weight is 248 g/mol. The van der Waals surface area contributed by atoms with Crippen molar-refractivity contribution >= 4 is 5.97 Å². The zero-order chi connectivity index (χ0) is 12.9. The first-order valence-electron chi connectivity index (χ1n) is 4.89. The highest BCUT2D eigenvalue weighted by molar-refractivity contribution is 5.71. The van der Waals surface area contributed by atoms with Crippen molar-refractivity contribution in [1.29, 1.82) is 0 Å². The van der Waals surface area contributed by atoms with Gasteiger partial charge in [-0.1, -0.05) is 6.07 Å². The standard InChI is InChI=1S/C11H11F3O3/c1-2-16-10(15)7-17-9-5-3-4-8(6-9)11(12,13)14/h3-6H,2,7H2,1H3. The van der Waals surface area contributed by atoms with Crippen LogP contribution in [0.2, 0.25) is 0 Å². The summed E-state index contributed by atoms with van der Waals surface area (Å²) in [5.41, 5.74) is -0.821. The maximum atomic E-state index is 12.3. The lowest BCUT2D eigenvalue weighted by Gasteiger charge is -2.09. The van der Waals surface area contributed by atoms with E-state index in [1.165, 1.54) is 12.1 Å². The molecule has 0 bridgehead atoms. The second kappa shape index (κ2) is 5.56. The Morgan fingerprint density at radius 3 is 2.65 bits per heavy atom. The van der Waals surface area contributed by atoms with Crippen LogP contribution in [-0.2, 0) is 15.7 Å². The first-order chi connectivity index (χ1) is 7.93. The minimum atomic E-state index is -4.43. The predicted molar refractivity (Wildman–Crippen MR) is 53.6 cm³/mol. The van der Waals surface area contributed by atoms with Crippen LogP contribution in [0.4, 0.5) is 13.2 Å². The number of carbonyl (C=O) groups excluding carboxylic acids is 1. The van der Waals surface area contributed by atoms with E-state index in [4.69, 9.17) is 4.74 Å². The molecule has 0 aromatic heterocycles. The van der Waals surface area contributed by atoms with E-state index in [9.17, 15) is 18.0 Å². The first-order valence-corrected chi connectivity index (χ1v) is 4.89. The van der Waals surface area contributed by atoms with E-state index in [1.54, 1.807) is 6.92 Å². The Labute approximate surface area is 96.1 Å². The van der Waals surface area contributed by atoms with Crippen LogP contribution in [0.5, 0.6) is 5.75 Å². The Morgan fingerprint density at radius 2 is 2.06 bits per heavy atom. The van der Waals surface area contributed by atoms with E-state index in [1.807, 2.05) is 0 Å². The Kier molecular flexibility index (Phi) is 4.37. The molecule has 3 nitrogen and oxygen atoms in total. The summed E-state index contributed by atoms with van der Waals surface area (Å²) in [5, 5.41) is 0. The van der Waals surface area contributed by atoms with Crippen LogP contribution in [-0.4, -0.2) is 19.2 Å². The normalized spacial score (nSPS) is 11.1. The Hall–Kier alpha value is -1.72. The third-order valence-electron chi connectivity index (χ3n) is 1.82. The summed E-state index contributed by atoms with van der Waals surface area (Å²) in [6.07, 6.45) is -4.43. The molecule has 0 saturated carbocycles. The molecule has 1 rings (SSSR count). The zero-order valence-corrected chi connectivity index (χ0v) is 9.08.